The summed E-state index contributed by atoms with van der Waals surface area (Å²) in [7, 11) is 1.31. The van der Waals surface area contributed by atoms with Gasteiger partial charge in [0.25, 0.3) is 0 Å². The second-order valence-corrected chi connectivity index (χ2v) is 4.77. The number of carbonyl (C=O) groups is 2. The summed E-state index contributed by atoms with van der Waals surface area (Å²) in [6, 6.07) is 9.97. The molecule has 0 bridgehead atoms. The number of esters is 2. The van der Waals surface area contributed by atoms with Gasteiger partial charge in [-0.15, -0.1) is 11.3 Å². The van der Waals surface area contributed by atoms with Crippen molar-refractivity contribution in [2.45, 2.75) is 0 Å². The lowest BCUT2D eigenvalue weighted by Gasteiger charge is -2.02. The van der Waals surface area contributed by atoms with Gasteiger partial charge in [-0.05, 0) is 41.8 Å². The second-order valence-electron chi connectivity index (χ2n) is 3.79. The normalized spacial score (nSPS) is 10.4. The van der Waals surface area contributed by atoms with Gasteiger partial charge in [-0.3, -0.25) is 0 Å². The second kappa shape index (κ2) is 6.68. The molecule has 2 rings (SSSR count). The van der Waals surface area contributed by atoms with Crippen molar-refractivity contribution in [2.24, 2.45) is 0 Å². The van der Waals surface area contributed by atoms with Crippen LogP contribution in [0.4, 0.5) is 0 Å². The lowest BCUT2D eigenvalue weighted by Crippen LogP contribution is -2.04. The molecule has 0 saturated heterocycles. The third kappa shape index (κ3) is 3.80. The highest BCUT2D eigenvalue weighted by atomic mass is 32.1. The van der Waals surface area contributed by atoms with Crippen LogP contribution in [0.1, 0.15) is 15.2 Å². The van der Waals surface area contributed by atoms with Crippen molar-refractivity contribution in [1.29, 1.82) is 0 Å². The highest BCUT2D eigenvalue weighted by Gasteiger charge is 2.06. The Labute approximate surface area is 120 Å². The first-order valence-corrected chi connectivity index (χ1v) is 6.69. The molecule has 4 nitrogen and oxygen atoms in total. The summed E-state index contributed by atoms with van der Waals surface area (Å²) < 4.78 is 9.69. The van der Waals surface area contributed by atoms with Crippen molar-refractivity contribution < 1.29 is 19.1 Å². The number of thiophene rings is 1. The number of ether oxygens (including phenoxy) is 2. The van der Waals surface area contributed by atoms with Crippen LogP contribution in [0.5, 0.6) is 5.75 Å². The molecule has 2 aromatic rings. The zero-order valence-corrected chi connectivity index (χ0v) is 11.6. The molecular formula is C15H12O4S. The molecule has 0 spiro atoms. The summed E-state index contributed by atoms with van der Waals surface area (Å²) in [6.45, 7) is 0. The highest BCUT2D eigenvalue weighted by molar-refractivity contribution is 7.10. The SMILES string of the molecule is COC(=O)c1ccc(OC(=O)/C=C/c2cccs2)cc1. The molecule has 1 heterocycles. The number of methoxy groups -OCH3 is 1. The van der Waals surface area contributed by atoms with Crippen LogP contribution in [0.3, 0.4) is 0 Å². The van der Waals surface area contributed by atoms with Gasteiger partial charge in [0.05, 0.1) is 12.7 Å². The van der Waals surface area contributed by atoms with Crippen molar-refractivity contribution in [1.82, 2.24) is 0 Å². The van der Waals surface area contributed by atoms with Crippen LogP contribution in [0, 0.1) is 0 Å². The van der Waals surface area contributed by atoms with E-state index in [0.717, 1.165) is 4.88 Å². The Morgan fingerprint density at radius 2 is 1.90 bits per heavy atom. The Balaban J connectivity index is 1.96. The van der Waals surface area contributed by atoms with Crippen molar-refractivity contribution in [3.8, 4) is 5.75 Å². The van der Waals surface area contributed by atoms with E-state index in [1.54, 1.807) is 18.2 Å². The van der Waals surface area contributed by atoms with Crippen LogP contribution in [0.15, 0.2) is 47.9 Å². The topological polar surface area (TPSA) is 52.6 Å². The van der Waals surface area contributed by atoms with Crippen molar-refractivity contribution >= 4 is 29.4 Å². The fraction of sp³-hybridized carbons (Fsp3) is 0.0667. The molecule has 0 unspecified atom stereocenters. The molecule has 0 atom stereocenters. The summed E-state index contributed by atoms with van der Waals surface area (Å²) in [5, 5.41) is 1.93. The van der Waals surface area contributed by atoms with Crippen LogP contribution in [0.2, 0.25) is 0 Å². The molecule has 20 heavy (non-hydrogen) atoms. The third-order valence-electron chi connectivity index (χ3n) is 2.42. The predicted molar refractivity (Wildman–Crippen MR) is 76.8 cm³/mol. The molecule has 0 N–H and O–H groups in total. The van der Waals surface area contributed by atoms with Gasteiger partial charge in [-0.25, -0.2) is 9.59 Å². The fourth-order valence-corrected chi connectivity index (χ4v) is 2.08. The van der Waals surface area contributed by atoms with Gasteiger partial charge in [0.1, 0.15) is 5.75 Å². The maximum absolute atomic E-state index is 11.6. The van der Waals surface area contributed by atoms with Gasteiger partial charge in [0.2, 0.25) is 0 Å². The Hall–Kier alpha value is -2.40. The zero-order chi connectivity index (χ0) is 14.4. The lowest BCUT2D eigenvalue weighted by atomic mass is 10.2. The summed E-state index contributed by atoms with van der Waals surface area (Å²) in [4.78, 5) is 23.8. The molecule has 102 valence electrons. The van der Waals surface area contributed by atoms with Gasteiger partial charge in [0.15, 0.2) is 0 Å². The van der Waals surface area contributed by atoms with Gasteiger partial charge in [0, 0.05) is 11.0 Å². The van der Waals surface area contributed by atoms with E-state index in [0.29, 0.717) is 11.3 Å². The van der Waals surface area contributed by atoms with E-state index in [1.807, 2.05) is 17.5 Å². The van der Waals surface area contributed by atoms with Crippen LogP contribution in [0.25, 0.3) is 6.08 Å². The number of carbonyl (C=O) groups excluding carboxylic acids is 2. The van der Waals surface area contributed by atoms with E-state index in [-0.39, 0.29) is 0 Å². The van der Waals surface area contributed by atoms with E-state index in [1.165, 1.54) is 36.7 Å². The predicted octanol–water partition coefficient (Wildman–Crippen LogP) is 3.15. The molecule has 0 aliphatic heterocycles. The minimum atomic E-state index is -0.468. The van der Waals surface area contributed by atoms with E-state index in [4.69, 9.17) is 4.74 Å². The molecule has 0 aliphatic rings. The average Bonchev–Trinajstić information content (AvgIpc) is 2.98. The van der Waals surface area contributed by atoms with Crippen LogP contribution >= 0.6 is 11.3 Å². The van der Waals surface area contributed by atoms with Gasteiger partial charge in [-0.2, -0.15) is 0 Å². The maximum Gasteiger partial charge on any atom is 0.337 e. The number of hydrogen-bond acceptors (Lipinski definition) is 5. The summed E-state index contributed by atoms with van der Waals surface area (Å²) >= 11 is 1.53. The molecule has 0 amide bonds. The molecular weight excluding hydrogens is 276 g/mol. The number of rotatable bonds is 4. The van der Waals surface area contributed by atoms with Crippen molar-refractivity contribution in [3.05, 3.63) is 58.3 Å². The van der Waals surface area contributed by atoms with Crippen LogP contribution in [-0.4, -0.2) is 19.0 Å². The molecule has 5 heteroatoms. The third-order valence-corrected chi connectivity index (χ3v) is 3.26. The Bertz CT molecular complexity index is 612. The van der Waals surface area contributed by atoms with Crippen LogP contribution in [-0.2, 0) is 9.53 Å². The molecule has 1 aromatic heterocycles. The standard InChI is InChI=1S/C15H12O4S/c1-18-15(17)11-4-6-12(7-5-11)19-14(16)9-8-13-3-2-10-20-13/h2-10H,1H3/b9-8+. The molecule has 0 saturated carbocycles. The van der Waals surface area contributed by atoms with E-state index >= 15 is 0 Å². The van der Waals surface area contributed by atoms with E-state index in [2.05, 4.69) is 4.74 Å². The van der Waals surface area contributed by atoms with E-state index < -0.39 is 11.9 Å². The summed E-state index contributed by atoms with van der Waals surface area (Å²) in [5.74, 6) is -0.525. The fourth-order valence-electron chi connectivity index (χ4n) is 1.46. The highest BCUT2D eigenvalue weighted by Crippen LogP contribution is 2.14. The van der Waals surface area contributed by atoms with E-state index in [9.17, 15) is 9.59 Å². The summed E-state index contributed by atoms with van der Waals surface area (Å²) in [6.07, 6.45) is 3.05. The number of hydrogen-bond donors (Lipinski definition) is 0. The smallest absolute Gasteiger partial charge is 0.337 e. The van der Waals surface area contributed by atoms with Gasteiger partial charge in [-0.1, -0.05) is 6.07 Å². The first-order valence-electron chi connectivity index (χ1n) is 5.81. The lowest BCUT2D eigenvalue weighted by molar-refractivity contribution is -0.128. The zero-order valence-electron chi connectivity index (χ0n) is 10.7. The minimum absolute atomic E-state index is 0.374. The average molecular weight is 288 g/mol. The molecule has 0 radical (unpaired) electrons. The van der Waals surface area contributed by atoms with Crippen LogP contribution < -0.4 is 4.74 Å². The summed E-state index contributed by atoms with van der Waals surface area (Å²) in [5.41, 5.74) is 0.404. The maximum atomic E-state index is 11.6. The Morgan fingerprint density at radius 1 is 1.15 bits per heavy atom. The molecule has 0 aliphatic carbocycles. The minimum Gasteiger partial charge on any atom is -0.465 e. The monoisotopic (exact) mass is 288 g/mol. The van der Waals surface area contributed by atoms with Gasteiger partial charge >= 0.3 is 11.9 Å². The quantitative estimate of drug-likeness (QED) is 0.492. The van der Waals surface area contributed by atoms with Crippen molar-refractivity contribution in [2.75, 3.05) is 7.11 Å². The first-order chi connectivity index (χ1) is 9.69. The molecule has 0 fully saturated rings. The first kappa shape index (κ1) is 14.0. The van der Waals surface area contributed by atoms with Crippen molar-refractivity contribution in [3.63, 3.8) is 0 Å². The molecule has 1 aromatic carbocycles. The number of benzene rings is 1. The Kier molecular flexibility index (Phi) is 4.68. The van der Waals surface area contributed by atoms with Gasteiger partial charge < -0.3 is 9.47 Å². The largest absolute Gasteiger partial charge is 0.465 e. The Morgan fingerprint density at radius 3 is 2.50 bits per heavy atom.